The number of fused-ring (bicyclic) bond motifs is 2. The van der Waals surface area contributed by atoms with Gasteiger partial charge in [-0.25, -0.2) is 4.98 Å². The summed E-state index contributed by atoms with van der Waals surface area (Å²) in [6.45, 7) is 3.84. The first-order valence-electron chi connectivity index (χ1n) is 8.52. The van der Waals surface area contributed by atoms with Crippen LogP contribution >= 0.6 is 22.9 Å². The van der Waals surface area contributed by atoms with E-state index in [2.05, 4.69) is 15.5 Å². The number of ketones is 2. The zero-order valence-electron chi connectivity index (χ0n) is 14.7. The number of benzene rings is 2. The molecule has 0 aliphatic heterocycles. The van der Waals surface area contributed by atoms with E-state index in [-0.39, 0.29) is 17.5 Å². The standard InChI is InChI=1S/C20H16ClN3O2S/c1-10(2)17(16-18(25)12-5-3-4-6-13(12)19(16)26)23-24-20-22-14-8-7-11(21)9-15(14)27-20/h3-10,16H,1-2H3,(H,22,24). The molecule has 0 spiro atoms. The number of nitrogens with one attached hydrogen (secondary N) is 1. The minimum Gasteiger partial charge on any atom is -0.293 e. The minimum atomic E-state index is -0.876. The maximum absolute atomic E-state index is 12.8. The molecule has 0 radical (unpaired) electrons. The highest BCUT2D eigenvalue weighted by Gasteiger charge is 2.42. The number of carbonyl (C=O) groups excluding carboxylic acids is 2. The topological polar surface area (TPSA) is 71.4 Å². The fourth-order valence-corrected chi connectivity index (χ4v) is 4.28. The van der Waals surface area contributed by atoms with E-state index in [0.717, 1.165) is 10.2 Å². The van der Waals surface area contributed by atoms with Gasteiger partial charge in [0.2, 0.25) is 5.13 Å². The molecule has 1 heterocycles. The second kappa shape index (κ2) is 6.87. The van der Waals surface area contributed by atoms with Gasteiger partial charge in [0.15, 0.2) is 11.6 Å². The largest absolute Gasteiger partial charge is 0.293 e. The first-order valence-corrected chi connectivity index (χ1v) is 9.72. The van der Waals surface area contributed by atoms with Gasteiger partial charge < -0.3 is 0 Å². The molecule has 1 aliphatic rings. The van der Waals surface area contributed by atoms with Crippen LogP contribution in [0.5, 0.6) is 0 Å². The van der Waals surface area contributed by atoms with E-state index in [0.29, 0.717) is 27.0 Å². The first kappa shape index (κ1) is 17.8. The monoisotopic (exact) mass is 397 g/mol. The SMILES string of the molecule is CC(C)C(=NNc1nc2ccc(Cl)cc2s1)C1C(=O)c2ccccc2C1=O. The molecule has 0 fully saturated rings. The van der Waals surface area contributed by atoms with Gasteiger partial charge in [0.1, 0.15) is 5.92 Å². The Kier molecular flexibility index (Phi) is 4.53. The Balaban J connectivity index is 1.66. The molecule has 5 nitrogen and oxygen atoms in total. The molecule has 7 heteroatoms. The normalized spacial score (nSPS) is 15.0. The van der Waals surface area contributed by atoms with Crippen LogP contribution in [0, 0.1) is 11.8 Å². The molecule has 0 amide bonds. The molecule has 1 aliphatic carbocycles. The Hall–Kier alpha value is -2.57. The van der Waals surface area contributed by atoms with Gasteiger partial charge in [-0.1, -0.05) is 61.1 Å². The fourth-order valence-electron chi connectivity index (χ4n) is 3.20. The van der Waals surface area contributed by atoms with Crippen molar-refractivity contribution in [2.24, 2.45) is 16.9 Å². The van der Waals surface area contributed by atoms with Crippen molar-refractivity contribution in [3.05, 3.63) is 58.6 Å². The van der Waals surface area contributed by atoms with Gasteiger partial charge in [-0.2, -0.15) is 5.10 Å². The number of aromatic nitrogens is 1. The lowest BCUT2D eigenvalue weighted by Crippen LogP contribution is -2.30. The van der Waals surface area contributed by atoms with E-state index in [9.17, 15) is 9.59 Å². The molecule has 0 saturated heterocycles. The summed E-state index contributed by atoms with van der Waals surface area (Å²) in [7, 11) is 0. The number of hydrogen-bond donors (Lipinski definition) is 1. The smallest absolute Gasteiger partial charge is 0.204 e. The number of anilines is 1. The van der Waals surface area contributed by atoms with Crippen molar-refractivity contribution in [2.45, 2.75) is 13.8 Å². The summed E-state index contributed by atoms with van der Waals surface area (Å²) in [5, 5.41) is 5.64. The summed E-state index contributed by atoms with van der Waals surface area (Å²) in [6.07, 6.45) is 0. The van der Waals surface area contributed by atoms with Crippen LogP contribution in [0.4, 0.5) is 5.13 Å². The Morgan fingerprint density at radius 3 is 2.44 bits per heavy atom. The highest BCUT2D eigenvalue weighted by Crippen LogP contribution is 2.31. The van der Waals surface area contributed by atoms with Crippen molar-refractivity contribution >= 4 is 55.6 Å². The van der Waals surface area contributed by atoms with Crippen molar-refractivity contribution in [3.63, 3.8) is 0 Å². The van der Waals surface area contributed by atoms with E-state index in [1.165, 1.54) is 11.3 Å². The molecule has 4 rings (SSSR count). The van der Waals surface area contributed by atoms with Crippen molar-refractivity contribution in [3.8, 4) is 0 Å². The first-order chi connectivity index (χ1) is 13.0. The van der Waals surface area contributed by atoms with Crippen molar-refractivity contribution in [1.29, 1.82) is 0 Å². The van der Waals surface area contributed by atoms with Crippen LogP contribution in [0.25, 0.3) is 10.2 Å². The number of Topliss-reactive ketones (excluding diaryl/α,β-unsaturated/α-hetero) is 2. The minimum absolute atomic E-state index is 0.0754. The Bertz CT molecular complexity index is 1070. The average Bonchev–Trinajstić information content (AvgIpc) is 3.15. The lowest BCUT2D eigenvalue weighted by molar-refractivity contribution is 0.0881. The van der Waals surface area contributed by atoms with Gasteiger partial charge in [0.05, 0.1) is 15.9 Å². The second-order valence-corrected chi connectivity index (χ2v) is 8.11. The van der Waals surface area contributed by atoms with Gasteiger partial charge >= 0.3 is 0 Å². The van der Waals surface area contributed by atoms with Crippen molar-refractivity contribution in [2.75, 3.05) is 5.43 Å². The molecule has 136 valence electrons. The van der Waals surface area contributed by atoms with Crippen LogP contribution in [-0.2, 0) is 0 Å². The predicted octanol–water partition coefficient (Wildman–Crippen LogP) is 5.07. The third kappa shape index (κ3) is 3.15. The number of hydrazone groups is 1. The Morgan fingerprint density at radius 1 is 1.15 bits per heavy atom. The highest BCUT2D eigenvalue weighted by atomic mass is 35.5. The summed E-state index contributed by atoms with van der Waals surface area (Å²) >= 11 is 7.43. The van der Waals surface area contributed by atoms with Gasteiger partial charge in [0.25, 0.3) is 0 Å². The second-order valence-electron chi connectivity index (χ2n) is 6.64. The molecule has 27 heavy (non-hydrogen) atoms. The highest BCUT2D eigenvalue weighted by molar-refractivity contribution is 7.22. The fraction of sp³-hybridized carbons (Fsp3) is 0.200. The molecule has 1 aromatic heterocycles. The molecular weight excluding hydrogens is 382 g/mol. The molecule has 0 saturated carbocycles. The van der Waals surface area contributed by atoms with Crippen LogP contribution in [0.15, 0.2) is 47.6 Å². The number of halogens is 1. The zero-order chi connectivity index (χ0) is 19.1. The molecule has 1 N–H and O–H groups in total. The summed E-state index contributed by atoms with van der Waals surface area (Å²) < 4.78 is 0.937. The van der Waals surface area contributed by atoms with Crippen LogP contribution in [0.3, 0.4) is 0 Å². The van der Waals surface area contributed by atoms with Crippen molar-refractivity contribution < 1.29 is 9.59 Å². The van der Waals surface area contributed by atoms with Gasteiger partial charge in [-0.3, -0.25) is 15.0 Å². The number of hydrogen-bond acceptors (Lipinski definition) is 6. The molecule has 2 aromatic carbocycles. The quantitative estimate of drug-likeness (QED) is 0.379. The number of rotatable bonds is 4. The van der Waals surface area contributed by atoms with Crippen molar-refractivity contribution in [1.82, 2.24) is 4.98 Å². The molecular formula is C20H16ClN3O2S. The van der Waals surface area contributed by atoms with E-state index >= 15 is 0 Å². The maximum atomic E-state index is 12.8. The summed E-state index contributed by atoms with van der Waals surface area (Å²) in [6, 6.07) is 12.4. The summed E-state index contributed by atoms with van der Waals surface area (Å²) in [5.41, 5.74) is 5.19. The Labute approximate surface area is 165 Å². The van der Waals surface area contributed by atoms with Crippen LogP contribution < -0.4 is 5.43 Å². The third-order valence-electron chi connectivity index (χ3n) is 4.50. The summed E-state index contributed by atoms with van der Waals surface area (Å²) in [4.78, 5) is 30.0. The maximum Gasteiger partial charge on any atom is 0.204 e. The van der Waals surface area contributed by atoms with Crippen LogP contribution in [0.2, 0.25) is 5.02 Å². The molecule has 0 atom stereocenters. The Morgan fingerprint density at radius 2 is 1.81 bits per heavy atom. The molecule has 3 aromatic rings. The lowest BCUT2D eigenvalue weighted by Gasteiger charge is -2.14. The van der Waals surface area contributed by atoms with Gasteiger partial charge in [-0.15, -0.1) is 0 Å². The average molecular weight is 398 g/mol. The van der Waals surface area contributed by atoms with E-state index in [4.69, 9.17) is 11.6 Å². The number of nitrogens with zero attached hydrogens (tertiary/aromatic N) is 2. The van der Waals surface area contributed by atoms with Crippen LogP contribution in [0.1, 0.15) is 34.6 Å². The third-order valence-corrected chi connectivity index (χ3v) is 5.66. The zero-order valence-corrected chi connectivity index (χ0v) is 16.3. The molecule has 0 bridgehead atoms. The summed E-state index contributed by atoms with van der Waals surface area (Å²) in [5.74, 6) is -1.34. The number of carbonyl (C=O) groups is 2. The van der Waals surface area contributed by atoms with E-state index in [1.807, 2.05) is 26.0 Å². The molecule has 0 unspecified atom stereocenters. The predicted molar refractivity (Wildman–Crippen MR) is 109 cm³/mol. The van der Waals surface area contributed by atoms with Crippen LogP contribution in [-0.4, -0.2) is 22.3 Å². The number of thiazole rings is 1. The van der Waals surface area contributed by atoms with E-state index < -0.39 is 5.92 Å². The van der Waals surface area contributed by atoms with Gasteiger partial charge in [-0.05, 0) is 24.1 Å². The van der Waals surface area contributed by atoms with Gasteiger partial charge in [0, 0.05) is 16.1 Å². The lowest BCUT2D eigenvalue weighted by atomic mass is 9.90. The van der Waals surface area contributed by atoms with E-state index in [1.54, 1.807) is 30.3 Å².